The third-order valence-corrected chi connectivity index (χ3v) is 3.52. The van der Waals surface area contributed by atoms with E-state index in [4.69, 9.17) is 9.84 Å². The second kappa shape index (κ2) is 6.93. The van der Waals surface area contributed by atoms with E-state index >= 15 is 0 Å². The van der Waals surface area contributed by atoms with Crippen molar-refractivity contribution in [2.24, 2.45) is 5.92 Å². The summed E-state index contributed by atoms with van der Waals surface area (Å²) in [5.74, 6) is -0.509. The van der Waals surface area contributed by atoms with Crippen molar-refractivity contribution in [1.29, 1.82) is 0 Å². The molecule has 0 saturated carbocycles. The lowest BCUT2D eigenvalue weighted by Gasteiger charge is -2.16. The zero-order chi connectivity index (χ0) is 14.4. The fraction of sp³-hybridized carbons (Fsp3) is 0.467. The van der Waals surface area contributed by atoms with E-state index in [0.717, 1.165) is 12.0 Å². The molecule has 1 aromatic rings. The molecule has 1 amide bonds. The number of carboxylic acids is 1. The summed E-state index contributed by atoms with van der Waals surface area (Å²) in [6.45, 7) is 1.52. The molecule has 1 aliphatic rings. The average molecular weight is 277 g/mol. The molecule has 20 heavy (non-hydrogen) atoms. The van der Waals surface area contributed by atoms with Crippen LogP contribution in [0.3, 0.4) is 0 Å². The molecule has 2 rings (SSSR count). The predicted octanol–water partition coefficient (Wildman–Crippen LogP) is 2.51. The molecule has 1 fully saturated rings. The van der Waals surface area contributed by atoms with Gasteiger partial charge in [-0.25, -0.2) is 4.79 Å². The van der Waals surface area contributed by atoms with Crippen LogP contribution in [0.25, 0.3) is 0 Å². The molecule has 1 aromatic carbocycles. The quantitative estimate of drug-likeness (QED) is 0.898. The van der Waals surface area contributed by atoms with Crippen LogP contribution in [0.1, 0.15) is 24.8 Å². The number of amides is 1. The molecule has 1 saturated heterocycles. The summed E-state index contributed by atoms with van der Waals surface area (Å²) >= 11 is 0. The van der Waals surface area contributed by atoms with Gasteiger partial charge in [-0.15, -0.1) is 0 Å². The number of ether oxygens (including phenoxy) is 1. The number of carbonyl (C=O) groups is 2. The number of carbonyl (C=O) groups excluding carboxylic acids is 1. The van der Waals surface area contributed by atoms with Crippen LogP contribution in [0.4, 0.5) is 4.79 Å². The normalized spacial score (nSPS) is 18.0. The first-order valence-corrected chi connectivity index (χ1v) is 6.82. The average Bonchev–Trinajstić information content (AvgIpc) is 2.92. The Hall–Kier alpha value is -2.04. The lowest BCUT2D eigenvalue weighted by Crippen LogP contribution is -2.29. The smallest absolute Gasteiger partial charge is 0.410 e. The molecular weight excluding hydrogens is 258 g/mol. The van der Waals surface area contributed by atoms with Gasteiger partial charge in [-0.2, -0.15) is 0 Å². The highest BCUT2D eigenvalue weighted by molar-refractivity contribution is 5.68. The molecule has 0 spiro atoms. The maximum absolute atomic E-state index is 11.9. The van der Waals surface area contributed by atoms with Crippen LogP contribution in [-0.4, -0.2) is 35.2 Å². The first-order valence-electron chi connectivity index (χ1n) is 6.82. The molecule has 1 heterocycles. The van der Waals surface area contributed by atoms with E-state index in [1.54, 1.807) is 4.90 Å². The third-order valence-electron chi connectivity index (χ3n) is 3.52. The van der Waals surface area contributed by atoms with Crippen LogP contribution in [-0.2, 0) is 16.1 Å². The zero-order valence-corrected chi connectivity index (χ0v) is 11.3. The van der Waals surface area contributed by atoms with Gasteiger partial charge in [0, 0.05) is 19.5 Å². The highest BCUT2D eigenvalue weighted by atomic mass is 16.6. The van der Waals surface area contributed by atoms with E-state index in [0.29, 0.717) is 19.5 Å². The van der Waals surface area contributed by atoms with E-state index in [2.05, 4.69) is 0 Å². The van der Waals surface area contributed by atoms with Crippen LogP contribution in [0.5, 0.6) is 0 Å². The number of rotatable bonds is 5. The van der Waals surface area contributed by atoms with Gasteiger partial charge in [0.25, 0.3) is 0 Å². The third kappa shape index (κ3) is 4.26. The van der Waals surface area contributed by atoms with Crippen molar-refractivity contribution in [3.63, 3.8) is 0 Å². The molecule has 108 valence electrons. The first kappa shape index (κ1) is 14.4. The summed E-state index contributed by atoms with van der Waals surface area (Å²) in [6.07, 6.45) is 1.33. The van der Waals surface area contributed by atoms with Crippen molar-refractivity contribution in [2.45, 2.75) is 25.9 Å². The summed E-state index contributed by atoms with van der Waals surface area (Å²) in [5, 5.41) is 8.65. The van der Waals surface area contributed by atoms with Crippen LogP contribution in [0.2, 0.25) is 0 Å². The summed E-state index contributed by atoms with van der Waals surface area (Å²) in [7, 11) is 0. The van der Waals surface area contributed by atoms with E-state index in [1.165, 1.54) is 0 Å². The molecule has 0 radical (unpaired) electrons. The molecule has 1 aliphatic heterocycles. The number of hydrogen-bond donors (Lipinski definition) is 1. The summed E-state index contributed by atoms with van der Waals surface area (Å²) in [4.78, 5) is 24.1. The van der Waals surface area contributed by atoms with Crippen LogP contribution < -0.4 is 0 Å². The van der Waals surface area contributed by atoms with Crippen LogP contribution in [0.15, 0.2) is 30.3 Å². The minimum atomic E-state index is -0.782. The van der Waals surface area contributed by atoms with Crippen LogP contribution >= 0.6 is 0 Å². The Balaban J connectivity index is 1.73. The Morgan fingerprint density at radius 3 is 2.75 bits per heavy atom. The summed E-state index contributed by atoms with van der Waals surface area (Å²) in [6, 6.07) is 9.54. The monoisotopic (exact) mass is 277 g/mol. The van der Waals surface area contributed by atoms with Gasteiger partial charge in [0.05, 0.1) is 0 Å². The Bertz CT molecular complexity index is 460. The van der Waals surface area contributed by atoms with Crippen LogP contribution in [0, 0.1) is 5.92 Å². The molecule has 5 heteroatoms. The number of likely N-dealkylation sites (tertiary alicyclic amines) is 1. The van der Waals surface area contributed by atoms with Crippen molar-refractivity contribution in [2.75, 3.05) is 13.1 Å². The van der Waals surface area contributed by atoms with E-state index in [-0.39, 0.29) is 25.0 Å². The largest absolute Gasteiger partial charge is 0.481 e. The fourth-order valence-corrected chi connectivity index (χ4v) is 2.37. The zero-order valence-electron chi connectivity index (χ0n) is 11.3. The predicted molar refractivity (Wildman–Crippen MR) is 73.2 cm³/mol. The maximum atomic E-state index is 11.9. The van der Waals surface area contributed by atoms with Gasteiger partial charge >= 0.3 is 12.1 Å². The first-order chi connectivity index (χ1) is 9.65. The molecule has 1 N–H and O–H groups in total. The Labute approximate surface area is 118 Å². The van der Waals surface area contributed by atoms with Gasteiger partial charge in [0.1, 0.15) is 6.61 Å². The number of hydrogen-bond acceptors (Lipinski definition) is 3. The van der Waals surface area contributed by atoms with Crippen molar-refractivity contribution >= 4 is 12.1 Å². The number of benzene rings is 1. The standard InChI is InChI=1S/C15H19NO4/c17-14(18)7-6-12-8-9-16(10-12)15(19)20-11-13-4-2-1-3-5-13/h1-5,12H,6-11H2,(H,17,18). The topological polar surface area (TPSA) is 66.8 Å². The van der Waals surface area contributed by atoms with E-state index < -0.39 is 5.97 Å². The second-order valence-corrected chi connectivity index (χ2v) is 5.07. The van der Waals surface area contributed by atoms with Crippen molar-refractivity contribution < 1.29 is 19.4 Å². The van der Waals surface area contributed by atoms with Gasteiger partial charge in [0.2, 0.25) is 0 Å². The van der Waals surface area contributed by atoms with Gasteiger partial charge in [-0.05, 0) is 24.3 Å². The summed E-state index contributed by atoms with van der Waals surface area (Å²) in [5.41, 5.74) is 0.961. The van der Waals surface area contributed by atoms with Crippen molar-refractivity contribution in [3.8, 4) is 0 Å². The molecule has 5 nitrogen and oxygen atoms in total. The Morgan fingerprint density at radius 1 is 1.30 bits per heavy atom. The van der Waals surface area contributed by atoms with Crippen molar-refractivity contribution in [1.82, 2.24) is 4.90 Å². The number of nitrogens with zero attached hydrogens (tertiary/aromatic N) is 1. The molecule has 0 bridgehead atoms. The summed E-state index contributed by atoms with van der Waals surface area (Å²) < 4.78 is 5.26. The van der Waals surface area contributed by atoms with Crippen molar-refractivity contribution in [3.05, 3.63) is 35.9 Å². The Kier molecular flexibility index (Phi) is 4.98. The van der Waals surface area contributed by atoms with Gasteiger partial charge in [0.15, 0.2) is 0 Å². The number of carboxylic acid groups (broad SMARTS) is 1. The maximum Gasteiger partial charge on any atom is 0.410 e. The minimum Gasteiger partial charge on any atom is -0.481 e. The molecule has 0 aromatic heterocycles. The SMILES string of the molecule is O=C(O)CCC1CCN(C(=O)OCc2ccccc2)C1. The highest BCUT2D eigenvalue weighted by Crippen LogP contribution is 2.21. The lowest BCUT2D eigenvalue weighted by molar-refractivity contribution is -0.137. The molecular formula is C15H19NO4. The highest BCUT2D eigenvalue weighted by Gasteiger charge is 2.27. The minimum absolute atomic E-state index is 0.164. The molecule has 0 aliphatic carbocycles. The Morgan fingerprint density at radius 2 is 2.05 bits per heavy atom. The van der Waals surface area contributed by atoms with E-state index in [9.17, 15) is 9.59 Å². The molecule has 1 atom stereocenters. The lowest BCUT2D eigenvalue weighted by atomic mass is 10.0. The molecule has 1 unspecified atom stereocenters. The van der Waals surface area contributed by atoms with Gasteiger partial charge in [-0.3, -0.25) is 4.79 Å². The van der Waals surface area contributed by atoms with Gasteiger partial charge < -0.3 is 14.7 Å². The second-order valence-electron chi connectivity index (χ2n) is 5.07. The fourth-order valence-electron chi connectivity index (χ4n) is 2.37. The number of aliphatic carboxylic acids is 1. The van der Waals surface area contributed by atoms with E-state index in [1.807, 2.05) is 30.3 Å². The van der Waals surface area contributed by atoms with Gasteiger partial charge in [-0.1, -0.05) is 30.3 Å².